The van der Waals surface area contributed by atoms with Crippen molar-refractivity contribution >= 4 is 6.21 Å². The fourth-order valence-corrected chi connectivity index (χ4v) is 3.05. The molecule has 0 radical (unpaired) electrons. The number of aliphatic imine (C=N–C) groups is 1. The number of nitrogens with two attached hydrogens (primary N) is 1. The molecule has 1 aliphatic carbocycles. The highest BCUT2D eigenvalue weighted by atomic mass is 16.5. The molecule has 1 aliphatic rings. The third-order valence-electron chi connectivity index (χ3n) is 4.86. The Bertz CT molecular complexity index is 1030. The van der Waals surface area contributed by atoms with Crippen molar-refractivity contribution in [2.75, 3.05) is 13.7 Å². The number of hydrogen-bond donors (Lipinski definition) is 1. The molecule has 1 aromatic carbocycles. The van der Waals surface area contributed by atoms with Gasteiger partial charge < -0.3 is 15.0 Å². The van der Waals surface area contributed by atoms with Gasteiger partial charge in [0.2, 0.25) is 0 Å². The van der Waals surface area contributed by atoms with E-state index < -0.39 is 0 Å². The third-order valence-corrected chi connectivity index (χ3v) is 4.86. The second kappa shape index (κ2) is 9.29. The fourth-order valence-electron chi connectivity index (χ4n) is 3.05. The average Bonchev–Trinajstić information content (AvgIpc) is 3.53. The molecule has 0 spiro atoms. The molecule has 0 aliphatic heterocycles. The largest absolute Gasteiger partial charge is 0.487 e. The predicted molar refractivity (Wildman–Crippen MR) is 117 cm³/mol. The van der Waals surface area contributed by atoms with Crippen molar-refractivity contribution < 1.29 is 4.74 Å². The van der Waals surface area contributed by atoms with Gasteiger partial charge in [-0.05, 0) is 56.5 Å². The van der Waals surface area contributed by atoms with E-state index in [2.05, 4.69) is 16.8 Å². The Labute approximate surface area is 171 Å². The summed E-state index contributed by atoms with van der Waals surface area (Å²) in [4.78, 5) is 16.6. The highest BCUT2D eigenvalue weighted by Crippen LogP contribution is 2.27. The van der Waals surface area contributed by atoms with Gasteiger partial charge >= 0.3 is 0 Å². The number of hydrogen-bond acceptors (Lipinski definition) is 4. The van der Waals surface area contributed by atoms with E-state index in [1.54, 1.807) is 23.9 Å². The van der Waals surface area contributed by atoms with Crippen molar-refractivity contribution in [3.05, 3.63) is 75.3 Å². The second-order valence-corrected chi connectivity index (χ2v) is 7.32. The lowest BCUT2D eigenvalue weighted by molar-refractivity contribution is 0.348. The number of allylic oxidation sites excluding steroid dienone is 1. The molecule has 5 nitrogen and oxygen atoms in total. The molecule has 2 aromatic rings. The smallest absolute Gasteiger partial charge is 0.254 e. The Balaban J connectivity index is 1.74. The minimum absolute atomic E-state index is 0.0901. The average molecular weight is 389 g/mol. The molecule has 2 N–H and O–H groups in total. The zero-order chi connectivity index (χ0) is 20.8. The first-order valence-corrected chi connectivity index (χ1v) is 9.82. The first-order valence-electron chi connectivity index (χ1n) is 9.82. The molecular weight excluding hydrogens is 362 g/mol. The van der Waals surface area contributed by atoms with Crippen molar-refractivity contribution in [1.82, 2.24) is 4.57 Å². The number of nitrogens with zero attached hydrogens (tertiary/aromatic N) is 2. The van der Waals surface area contributed by atoms with Gasteiger partial charge in [-0.15, -0.1) is 0 Å². The van der Waals surface area contributed by atoms with Gasteiger partial charge in [-0.1, -0.05) is 24.0 Å². The molecule has 0 saturated heterocycles. The Morgan fingerprint density at radius 3 is 2.69 bits per heavy atom. The van der Waals surface area contributed by atoms with Gasteiger partial charge in [0.05, 0.1) is 6.04 Å². The maximum atomic E-state index is 12.7. The molecule has 1 atom stereocenters. The van der Waals surface area contributed by atoms with Crippen LogP contribution in [0.2, 0.25) is 0 Å². The topological polar surface area (TPSA) is 69.6 Å². The highest BCUT2D eigenvalue weighted by Gasteiger charge is 2.17. The van der Waals surface area contributed by atoms with Gasteiger partial charge in [0.1, 0.15) is 12.4 Å². The molecule has 1 heterocycles. The van der Waals surface area contributed by atoms with E-state index in [9.17, 15) is 4.79 Å². The summed E-state index contributed by atoms with van der Waals surface area (Å²) in [7, 11) is 1.67. The summed E-state index contributed by atoms with van der Waals surface area (Å²) in [6, 6.07) is 11.4. The first kappa shape index (κ1) is 20.5. The number of rotatable bonds is 6. The van der Waals surface area contributed by atoms with Gasteiger partial charge in [0.15, 0.2) is 0 Å². The van der Waals surface area contributed by atoms with E-state index >= 15 is 0 Å². The van der Waals surface area contributed by atoms with Crippen LogP contribution in [0.1, 0.15) is 42.6 Å². The normalized spacial score (nSPS) is 15.1. The maximum Gasteiger partial charge on any atom is 0.254 e. The summed E-state index contributed by atoms with van der Waals surface area (Å²) in [5, 5.41) is 0. The van der Waals surface area contributed by atoms with Crippen LogP contribution in [0.15, 0.2) is 58.0 Å². The van der Waals surface area contributed by atoms with Crippen LogP contribution in [0.3, 0.4) is 0 Å². The number of aryl methyl sites for hydroxylation is 1. The summed E-state index contributed by atoms with van der Waals surface area (Å²) in [5.41, 5.74) is 9.18. The number of benzene rings is 1. The molecule has 150 valence electrons. The molecule has 3 rings (SSSR count). The van der Waals surface area contributed by atoms with Crippen LogP contribution in [0.4, 0.5) is 0 Å². The lowest BCUT2D eigenvalue weighted by Gasteiger charge is -2.19. The molecule has 29 heavy (non-hydrogen) atoms. The molecule has 1 fully saturated rings. The lowest BCUT2D eigenvalue weighted by Crippen LogP contribution is -2.25. The fraction of sp³-hybridized carbons (Fsp3) is 0.333. The zero-order valence-electron chi connectivity index (χ0n) is 17.2. The van der Waals surface area contributed by atoms with Gasteiger partial charge in [0, 0.05) is 42.2 Å². The standard InChI is InChI=1S/C24H27N3O2/c1-17-14-23(29-16-22(25)12-13-26-3)15-24(28)27(17)18(2)21-10-8-20(9-11-21)7-6-19-4-5-19/h8-15,18-19H,4-5,16,25H2,1-3H3/b22-12-,26-13?/t18-/m1/s1. The third kappa shape index (κ3) is 5.61. The van der Waals surface area contributed by atoms with Crippen molar-refractivity contribution in [3.8, 4) is 17.6 Å². The van der Waals surface area contributed by atoms with Crippen molar-refractivity contribution in [2.45, 2.75) is 32.7 Å². The van der Waals surface area contributed by atoms with E-state index in [1.165, 1.54) is 18.9 Å². The van der Waals surface area contributed by atoms with Crippen LogP contribution in [0, 0.1) is 24.7 Å². The number of ether oxygens (including phenoxy) is 1. The lowest BCUT2D eigenvalue weighted by atomic mass is 10.1. The van der Waals surface area contributed by atoms with E-state index in [0.717, 1.165) is 16.8 Å². The minimum Gasteiger partial charge on any atom is -0.487 e. The monoisotopic (exact) mass is 389 g/mol. The molecule has 1 aromatic heterocycles. The first-order chi connectivity index (χ1) is 14.0. The van der Waals surface area contributed by atoms with Crippen LogP contribution in [0.5, 0.6) is 5.75 Å². The van der Waals surface area contributed by atoms with E-state index in [0.29, 0.717) is 17.4 Å². The Kier molecular flexibility index (Phi) is 6.56. The SMILES string of the molecule is CN=C/C=C(\N)COc1cc(C)n([C@H](C)c2ccc(C#CC3CC3)cc2)c(=O)c1. The van der Waals surface area contributed by atoms with Crippen LogP contribution in [-0.2, 0) is 0 Å². The second-order valence-electron chi connectivity index (χ2n) is 7.32. The van der Waals surface area contributed by atoms with Crippen LogP contribution in [0.25, 0.3) is 0 Å². The summed E-state index contributed by atoms with van der Waals surface area (Å²) in [5.74, 6) is 7.58. The van der Waals surface area contributed by atoms with E-state index in [4.69, 9.17) is 10.5 Å². The van der Waals surface area contributed by atoms with Gasteiger partial charge in [-0.25, -0.2) is 0 Å². The summed E-state index contributed by atoms with van der Waals surface area (Å²) in [6.45, 7) is 4.13. The Hall–Kier alpha value is -3.26. The van der Waals surface area contributed by atoms with Crippen LogP contribution >= 0.6 is 0 Å². The number of pyridine rings is 1. The quantitative estimate of drug-likeness (QED) is 0.608. The van der Waals surface area contributed by atoms with Crippen molar-refractivity contribution in [1.29, 1.82) is 0 Å². The molecule has 5 heteroatoms. The molecule has 1 saturated carbocycles. The molecule has 0 amide bonds. The van der Waals surface area contributed by atoms with Crippen molar-refractivity contribution in [2.24, 2.45) is 16.6 Å². The Morgan fingerprint density at radius 2 is 2.07 bits per heavy atom. The highest BCUT2D eigenvalue weighted by molar-refractivity contribution is 5.71. The van der Waals surface area contributed by atoms with Gasteiger partial charge in [0.25, 0.3) is 5.56 Å². The Morgan fingerprint density at radius 1 is 1.34 bits per heavy atom. The number of aromatic nitrogens is 1. The van der Waals surface area contributed by atoms with Crippen LogP contribution in [-0.4, -0.2) is 24.4 Å². The summed E-state index contributed by atoms with van der Waals surface area (Å²) < 4.78 is 7.41. The van der Waals surface area contributed by atoms with Crippen molar-refractivity contribution in [3.63, 3.8) is 0 Å². The zero-order valence-corrected chi connectivity index (χ0v) is 17.2. The maximum absolute atomic E-state index is 12.7. The molecular formula is C24H27N3O2. The summed E-state index contributed by atoms with van der Waals surface area (Å²) >= 11 is 0. The summed E-state index contributed by atoms with van der Waals surface area (Å²) in [6.07, 6.45) is 5.72. The van der Waals surface area contributed by atoms with E-state index in [-0.39, 0.29) is 18.2 Å². The van der Waals surface area contributed by atoms with Gasteiger partial charge in [-0.2, -0.15) is 0 Å². The van der Waals surface area contributed by atoms with Crippen LogP contribution < -0.4 is 16.0 Å². The molecule has 0 unspecified atom stereocenters. The van der Waals surface area contributed by atoms with Gasteiger partial charge in [-0.3, -0.25) is 9.79 Å². The minimum atomic E-state index is -0.109. The molecule has 0 bridgehead atoms. The van der Waals surface area contributed by atoms with E-state index in [1.807, 2.05) is 44.2 Å². The predicted octanol–water partition coefficient (Wildman–Crippen LogP) is 3.45.